The number of halogens is 1. The van der Waals surface area contributed by atoms with Crippen LogP contribution in [0.25, 0.3) is 0 Å². The van der Waals surface area contributed by atoms with Gasteiger partial charge >= 0.3 is 0 Å². The number of ether oxygens (including phenoxy) is 1. The number of phenols is 1. The minimum atomic E-state index is -0.0439. The second-order valence-corrected chi connectivity index (χ2v) is 3.91. The zero-order valence-corrected chi connectivity index (χ0v) is 11.0. The molecule has 100 valence electrons. The van der Waals surface area contributed by atoms with Crippen LogP contribution >= 0.6 is 12.4 Å². The lowest BCUT2D eigenvalue weighted by atomic mass is 10.3. The Morgan fingerprint density at radius 2 is 1.83 bits per heavy atom. The third kappa shape index (κ3) is 3.35. The van der Waals surface area contributed by atoms with Crippen molar-refractivity contribution in [2.24, 2.45) is 0 Å². The van der Waals surface area contributed by atoms with Gasteiger partial charge in [-0.1, -0.05) is 0 Å². The Balaban J connectivity index is 0.00000162. The highest BCUT2D eigenvalue weighted by Gasteiger charge is 2.22. The SMILES string of the molecule is CC(=O)N(c1ccc(O)cc1)N1CCOCC1.Cl. The largest absolute Gasteiger partial charge is 0.508 e. The Kier molecular flexibility index (Phi) is 5.40. The minimum Gasteiger partial charge on any atom is -0.508 e. The minimum absolute atomic E-state index is 0. The summed E-state index contributed by atoms with van der Waals surface area (Å²) in [5, 5.41) is 12.8. The van der Waals surface area contributed by atoms with Gasteiger partial charge in [-0.25, -0.2) is 10.0 Å². The van der Waals surface area contributed by atoms with Crippen molar-refractivity contribution in [1.82, 2.24) is 5.01 Å². The van der Waals surface area contributed by atoms with Gasteiger partial charge in [0.05, 0.1) is 18.9 Å². The van der Waals surface area contributed by atoms with E-state index in [4.69, 9.17) is 4.74 Å². The summed E-state index contributed by atoms with van der Waals surface area (Å²) in [4.78, 5) is 11.7. The average molecular weight is 273 g/mol. The Bertz CT molecular complexity index is 391. The summed E-state index contributed by atoms with van der Waals surface area (Å²) >= 11 is 0. The highest BCUT2D eigenvalue weighted by molar-refractivity contribution is 5.90. The molecule has 0 unspecified atom stereocenters. The molecule has 1 heterocycles. The zero-order valence-electron chi connectivity index (χ0n) is 10.2. The molecule has 1 aliphatic heterocycles. The highest BCUT2D eigenvalue weighted by Crippen LogP contribution is 2.20. The van der Waals surface area contributed by atoms with E-state index in [0.29, 0.717) is 26.3 Å². The molecule has 1 saturated heterocycles. The van der Waals surface area contributed by atoms with Gasteiger partial charge in [0.15, 0.2) is 0 Å². The van der Waals surface area contributed by atoms with Crippen LogP contribution in [0.5, 0.6) is 5.75 Å². The quantitative estimate of drug-likeness (QED) is 0.885. The number of morpholine rings is 1. The number of nitrogens with zero attached hydrogens (tertiary/aromatic N) is 2. The lowest BCUT2D eigenvalue weighted by molar-refractivity contribution is -0.120. The van der Waals surface area contributed by atoms with Gasteiger partial charge in [0.1, 0.15) is 5.75 Å². The molecule has 0 atom stereocenters. The second-order valence-electron chi connectivity index (χ2n) is 3.91. The van der Waals surface area contributed by atoms with Crippen LogP contribution in [-0.4, -0.2) is 42.3 Å². The number of phenolic OH excluding ortho intramolecular Hbond substituents is 1. The molecule has 0 aliphatic carbocycles. The molecular formula is C12H17ClN2O3. The van der Waals surface area contributed by atoms with Crippen molar-refractivity contribution >= 4 is 24.0 Å². The van der Waals surface area contributed by atoms with Crippen molar-refractivity contribution in [2.45, 2.75) is 6.92 Å². The van der Waals surface area contributed by atoms with E-state index < -0.39 is 0 Å². The molecule has 1 aliphatic rings. The van der Waals surface area contributed by atoms with Crippen LogP contribution in [0, 0.1) is 0 Å². The first-order chi connectivity index (χ1) is 8.18. The van der Waals surface area contributed by atoms with Crippen LogP contribution in [0.15, 0.2) is 24.3 Å². The fourth-order valence-electron chi connectivity index (χ4n) is 1.89. The topological polar surface area (TPSA) is 53.0 Å². The molecule has 0 aromatic heterocycles. The molecule has 1 aromatic rings. The van der Waals surface area contributed by atoms with Gasteiger partial charge < -0.3 is 9.84 Å². The standard InChI is InChI=1S/C12H16N2O3.ClH/c1-10(15)14(13-6-8-17-9-7-13)11-2-4-12(16)5-3-11;/h2-5,16H,6-9H2,1H3;1H. The Morgan fingerprint density at radius 1 is 1.28 bits per heavy atom. The predicted octanol–water partition coefficient (Wildman–Crippen LogP) is 1.41. The summed E-state index contributed by atoms with van der Waals surface area (Å²) in [6.07, 6.45) is 0. The van der Waals surface area contributed by atoms with Gasteiger partial charge in [0.2, 0.25) is 5.91 Å². The third-order valence-corrected chi connectivity index (χ3v) is 2.66. The molecule has 0 spiro atoms. The molecule has 1 amide bonds. The van der Waals surface area contributed by atoms with Crippen molar-refractivity contribution in [1.29, 1.82) is 0 Å². The fraction of sp³-hybridized carbons (Fsp3) is 0.417. The van der Waals surface area contributed by atoms with Crippen molar-refractivity contribution < 1.29 is 14.6 Å². The van der Waals surface area contributed by atoms with Gasteiger partial charge in [0.25, 0.3) is 0 Å². The summed E-state index contributed by atoms with van der Waals surface area (Å²) in [6, 6.07) is 6.61. The molecule has 2 rings (SSSR count). The molecule has 1 aromatic carbocycles. The smallest absolute Gasteiger partial charge is 0.238 e. The van der Waals surface area contributed by atoms with Crippen LogP contribution in [-0.2, 0) is 9.53 Å². The number of amides is 1. The number of anilines is 1. The summed E-state index contributed by atoms with van der Waals surface area (Å²) in [5.74, 6) is 0.150. The van der Waals surface area contributed by atoms with E-state index in [-0.39, 0.29) is 24.1 Å². The molecule has 1 fully saturated rings. The molecule has 18 heavy (non-hydrogen) atoms. The summed E-state index contributed by atoms with van der Waals surface area (Å²) in [5.41, 5.74) is 0.761. The number of hydrogen-bond donors (Lipinski definition) is 1. The van der Waals surface area contributed by atoms with E-state index in [1.807, 2.05) is 5.01 Å². The van der Waals surface area contributed by atoms with E-state index >= 15 is 0 Å². The van der Waals surface area contributed by atoms with Gasteiger partial charge in [-0.3, -0.25) is 4.79 Å². The second kappa shape index (κ2) is 6.58. The fourth-order valence-corrected chi connectivity index (χ4v) is 1.89. The van der Waals surface area contributed by atoms with E-state index in [9.17, 15) is 9.90 Å². The molecule has 5 nitrogen and oxygen atoms in total. The van der Waals surface area contributed by atoms with Crippen LogP contribution in [0.3, 0.4) is 0 Å². The van der Waals surface area contributed by atoms with E-state index in [2.05, 4.69) is 0 Å². The maximum atomic E-state index is 11.7. The Hall–Kier alpha value is -1.30. The third-order valence-electron chi connectivity index (χ3n) is 2.66. The molecular weight excluding hydrogens is 256 g/mol. The van der Waals surface area contributed by atoms with Gasteiger partial charge in [0, 0.05) is 20.0 Å². The number of carbonyl (C=O) groups excluding carboxylic acids is 1. The molecule has 0 bridgehead atoms. The molecule has 1 N–H and O–H groups in total. The first kappa shape index (κ1) is 14.8. The average Bonchev–Trinajstić information content (AvgIpc) is 2.33. The van der Waals surface area contributed by atoms with Crippen molar-refractivity contribution in [3.63, 3.8) is 0 Å². The molecule has 0 saturated carbocycles. The summed E-state index contributed by atoms with van der Waals surface area (Å²) < 4.78 is 5.26. The lowest BCUT2D eigenvalue weighted by Crippen LogP contribution is -2.51. The van der Waals surface area contributed by atoms with E-state index in [1.54, 1.807) is 29.3 Å². The monoisotopic (exact) mass is 272 g/mol. The summed E-state index contributed by atoms with van der Waals surface area (Å²) in [6.45, 7) is 4.17. The number of benzene rings is 1. The first-order valence-electron chi connectivity index (χ1n) is 5.61. The zero-order chi connectivity index (χ0) is 12.3. The van der Waals surface area contributed by atoms with Gasteiger partial charge in [-0.2, -0.15) is 0 Å². The number of carbonyl (C=O) groups is 1. The van der Waals surface area contributed by atoms with Gasteiger partial charge in [-0.05, 0) is 24.3 Å². The predicted molar refractivity (Wildman–Crippen MR) is 70.9 cm³/mol. The van der Waals surface area contributed by atoms with Crippen molar-refractivity contribution in [2.75, 3.05) is 31.3 Å². The van der Waals surface area contributed by atoms with Gasteiger partial charge in [-0.15, -0.1) is 12.4 Å². The number of aromatic hydroxyl groups is 1. The highest BCUT2D eigenvalue weighted by atomic mass is 35.5. The van der Waals surface area contributed by atoms with Crippen molar-refractivity contribution in [3.8, 4) is 5.75 Å². The normalized spacial score (nSPS) is 15.8. The maximum Gasteiger partial charge on any atom is 0.238 e. The number of rotatable bonds is 2. The van der Waals surface area contributed by atoms with Crippen LogP contribution in [0.1, 0.15) is 6.92 Å². The molecule has 0 radical (unpaired) electrons. The molecule has 6 heteroatoms. The van der Waals surface area contributed by atoms with E-state index in [0.717, 1.165) is 5.69 Å². The Morgan fingerprint density at radius 3 is 2.33 bits per heavy atom. The maximum absolute atomic E-state index is 11.7. The van der Waals surface area contributed by atoms with Crippen molar-refractivity contribution in [3.05, 3.63) is 24.3 Å². The first-order valence-corrected chi connectivity index (χ1v) is 5.61. The van der Waals surface area contributed by atoms with Crippen LogP contribution < -0.4 is 5.01 Å². The lowest BCUT2D eigenvalue weighted by Gasteiger charge is -2.36. The Labute approximate surface area is 112 Å². The van der Waals surface area contributed by atoms with Crippen LogP contribution in [0.4, 0.5) is 5.69 Å². The van der Waals surface area contributed by atoms with E-state index in [1.165, 1.54) is 6.92 Å². The summed E-state index contributed by atoms with van der Waals surface area (Å²) in [7, 11) is 0. The number of hydrogen-bond acceptors (Lipinski definition) is 4. The number of hydrazine groups is 1. The van der Waals surface area contributed by atoms with Crippen LogP contribution in [0.2, 0.25) is 0 Å².